The molecule has 0 aromatic carbocycles. The highest BCUT2D eigenvalue weighted by molar-refractivity contribution is 4.78. The van der Waals surface area contributed by atoms with Crippen molar-refractivity contribution in [2.45, 2.75) is 40.0 Å². The van der Waals surface area contributed by atoms with E-state index in [1.54, 1.807) is 0 Å². The highest BCUT2D eigenvalue weighted by Crippen LogP contribution is 2.29. The van der Waals surface area contributed by atoms with Crippen molar-refractivity contribution in [1.82, 2.24) is 10.2 Å². The van der Waals surface area contributed by atoms with E-state index in [-0.39, 0.29) is 0 Å². The van der Waals surface area contributed by atoms with E-state index in [1.165, 1.54) is 45.4 Å². The number of nitrogens with zero attached hydrogens (tertiary/aromatic N) is 1. The lowest BCUT2D eigenvalue weighted by Crippen LogP contribution is -2.40. The summed E-state index contributed by atoms with van der Waals surface area (Å²) >= 11 is 0. The topological polar surface area (TPSA) is 15.3 Å². The van der Waals surface area contributed by atoms with Gasteiger partial charge in [-0.3, -0.25) is 0 Å². The van der Waals surface area contributed by atoms with Gasteiger partial charge in [0.05, 0.1) is 0 Å². The van der Waals surface area contributed by atoms with Crippen LogP contribution in [0.3, 0.4) is 0 Å². The van der Waals surface area contributed by atoms with E-state index in [4.69, 9.17) is 0 Å². The zero-order valence-corrected chi connectivity index (χ0v) is 10.1. The summed E-state index contributed by atoms with van der Waals surface area (Å²) in [6.45, 7) is 13.1. The molecule has 0 saturated carbocycles. The van der Waals surface area contributed by atoms with E-state index >= 15 is 0 Å². The zero-order valence-electron chi connectivity index (χ0n) is 10.1. The highest BCUT2D eigenvalue weighted by atomic mass is 15.1. The maximum absolute atomic E-state index is 3.46. The summed E-state index contributed by atoms with van der Waals surface area (Å²) in [5.41, 5.74) is 0.591. The maximum Gasteiger partial charge on any atom is 0.0107 e. The van der Waals surface area contributed by atoms with Gasteiger partial charge in [0, 0.05) is 13.1 Å². The third-order valence-corrected chi connectivity index (χ3v) is 3.24. The molecule has 1 rings (SSSR count). The average molecular weight is 198 g/mol. The van der Waals surface area contributed by atoms with Crippen molar-refractivity contribution < 1.29 is 0 Å². The fourth-order valence-electron chi connectivity index (χ4n) is 1.92. The van der Waals surface area contributed by atoms with Crippen LogP contribution in [0.4, 0.5) is 0 Å². The van der Waals surface area contributed by atoms with Crippen LogP contribution in [-0.2, 0) is 0 Å². The SMILES string of the molecule is CCCNCCN1CCC(C)(C)CC1. The van der Waals surface area contributed by atoms with Gasteiger partial charge in [0.25, 0.3) is 0 Å². The van der Waals surface area contributed by atoms with Crippen molar-refractivity contribution in [1.29, 1.82) is 0 Å². The van der Waals surface area contributed by atoms with Gasteiger partial charge >= 0.3 is 0 Å². The summed E-state index contributed by atoms with van der Waals surface area (Å²) in [5, 5.41) is 3.46. The summed E-state index contributed by atoms with van der Waals surface area (Å²) in [4.78, 5) is 2.59. The molecule has 0 aromatic heterocycles. The molecule has 0 unspecified atom stereocenters. The Balaban J connectivity index is 2.04. The van der Waals surface area contributed by atoms with E-state index in [0.29, 0.717) is 5.41 Å². The summed E-state index contributed by atoms with van der Waals surface area (Å²) in [5.74, 6) is 0. The van der Waals surface area contributed by atoms with Gasteiger partial charge in [-0.15, -0.1) is 0 Å². The van der Waals surface area contributed by atoms with Crippen LogP contribution in [-0.4, -0.2) is 37.6 Å². The first kappa shape index (κ1) is 12.0. The normalized spacial score (nSPS) is 22.5. The van der Waals surface area contributed by atoms with Crippen molar-refractivity contribution in [3.63, 3.8) is 0 Å². The van der Waals surface area contributed by atoms with E-state index in [9.17, 15) is 0 Å². The average Bonchev–Trinajstić information content (AvgIpc) is 2.15. The van der Waals surface area contributed by atoms with Gasteiger partial charge in [-0.1, -0.05) is 20.8 Å². The van der Waals surface area contributed by atoms with Crippen LogP contribution in [0, 0.1) is 5.41 Å². The summed E-state index contributed by atoms with van der Waals surface area (Å²) in [6.07, 6.45) is 3.97. The van der Waals surface area contributed by atoms with Gasteiger partial charge in [0.2, 0.25) is 0 Å². The molecule has 1 aliphatic heterocycles. The summed E-state index contributed by atoms with van der Waals surface area (Å²) in [6, 6.07) is 0. The quantitative estimate of drug-likeness (QED) is 0.681. The Morgan fingerprint density at radius 2 is 1.79 bits per heavy atom. The van der Waals surface area contributed by atoms with Crippen molar-refractivity contribution in [2.75, 3.05) is 32.7 Å². The van der Waals surface area contributed by atoms with Crippen LogP contribution in [0.1, 0.15) is 40.0 Å². The van der Waals surface area contributed by atoms with Crippen LogP contribution < -0.4 is 5.32 Å². The molecule has 2 heteroatoms. The Hall–Kier alpha value is -0.0800. The second kappa shape index (κ2) is 5.72. The minimum atomic E-state index is 0.591. The third-order valence-electron chi connectivity index (χ3n) is 3.24. The van der Waals surface area contributed by atoms with Crippen molar-refractivity contribution >= 4 is 0 Å². The molecule has 2 nitrogen and oxygen atoms in total. The number of hydrogen-bond acceptors (Lipinski definition) is 2. The molecule has 1 N–H and O–H groups in total. The molecule has 1 heterocycles. The smallest absolute Gasteiger partial charge is 0.0107 e. The third kappa shape index (κ3) is 4.43. The number of piperidine rings is 1. The lowest BCUT2D eigenvalue weighted by molar-refractivity contribution is 0.133. The van der Waals surface area contributed by atoms with E-state index in [1.807, 2.05) is 0 Å². The first-order valence-corrected chi connectivity index (χ1v) is 6.07. The van der Waals surface area contributed by atoms with Gasteiger partial charge in [-0.2, -0.15) is 0 Å². The number of hydrogen-bond donors (Lipinski definition) is 1. The standard InChI is InChI=1S/C12H26N2/c1-4-7-13-8-11-14-9-5-12(2,3)6-10-14/h13H,4-11H2,1-3H3. The monoisotopic (exact) mass is 198 g/mol. The molecule has 0 spiro atoms. The first-order valence-electron chi connectivity index (χ1n) is 6.07. The van der Waals surface area contributed by atoms with Crippen LogP contribution in [0.5, 0.6) is 0 Å². The fraction of sp³-hybridized carbons (Fsp3) is 1.00. The van der Waals surface area contributed by atoms with Gasteiger partial charge in [-0.25, -0.2) is 0 Å². The number of nitrogens with one attached hydrogen (secondary N) is 1. The molecule has 0 aliphatic carbocycles. The molecule has 84 valence electrons. The predicted molar refractivity (Wildman–Crippen MR) is 62.6 cm³/mol. The summed E-state index contributed by atoms with van der Waals surface area (Å²) in [7, 11) is 0. The molecule has 0 aromatic rings. The van der Waals surface area contributed by atoms with Crippen LogP contribution in [0.15, 0.2) is 0 Å². The largest absolute Gasteiger partial charge is 0.315 e. The van der Waals surface area contributed by atoms with Gasteiger partial charge in [0.15, 0.2) is 0 Å². The Morgan fingerprint density at radius 3 is 2.36 bits per heavy atom. The second-order valence-corrected chi connectivity index (χ2v) is 5.26. The van der Waals surface area contributed by atoms with E-state index in [0.717, 1.165) is 6.54 Å². The van der Waals surface area contributed by atoms with Crippen molar-refractivity contribution in [2.24, 2.45) is 5.41 Å². The van der Waals surface area contributed by atoms with E-state index < -0.39 is 0 Å². The minimum absolute atomic E-state index is 0.591. The lowest BCUT2D eigenvalue weighted by Gasteiger charge is -2.36. The molecule has 1 fully saturated rings. The van der Waals surface area contributed by atoms with Crippen LogP contribution in [0.25, 0.3) is 0 Å². The number of likely N-dealkylation sites (tertiary alicyclic amines) is 1. The van der Waals surface area contributed by atoms with Gasteiger partial charge < -0.3 is 10.2 Å². The molecule has 1 saturated heterocycles. The number of rotatable bonds is 5. The zero-order chi connectivity index (χ0) is 10.4. The fourth-order valence-corrected chi connectivity index (χ4v) is 1.92. The maximum atomic E-state index is 3.46. The van der Waals surface area contributed by atoms with Gasteiger partial charge in [0.1, 0.15) is 0 Å². The Bertz CT molecular complexity index is 144. The van der Waals surface area contributed by atoms with E-state index in [2.05, 4.69) is 31.0 Å². The summed E-state index contributed by atoms with van der Waals surface area (Å²) < 4.78 is 0. The molecule has 14 heavy (non-hydrogen) atoms. The second-order valence-electron chi connectivity index (χ2n) is 5.26. The predicted octanol–water partition coefficient (Wildman–Crippen LogP) is 2.11. The Kier molecular flexibility index (Phi) is 4.90. The molecule has 1 aliphatic rings. The Labute approximate surface area is 89.1 Å². The van der Waals surface area contributed by atoms with Gasteiger partial charge in [-0.05, 0) is 44.3 Å². The molecular weight excluding hydrogens is 172 g/mol. The lowest BCUT2D eigenvalue weighted by atomic mass is 9.83. The van der Waals surface area contributed by atoms with Crippen LogP contribution >= 0.6 is 0 Å². The minimum Gasteiger partial charge on any atom is -0.315 e. The molecular formula is C12H26N2. The molecule has 0 bridgehead atoms. The Morgan fingerprint density at radius 1 is 1.14 bits per heavy atom. The van der Waals surface area contributed by atoms with Crippen molar-refractivity contribution in [3.05, 3.63) is 0 Å². The molecule has 0 amide bonds. The molecule has 0 radical (unpaired) electrons. The van der Waals surface area contributed by atoms with Crippen molar-refractivity contribution in [3.8, 4) is 0 Å². The van der Waals surface area contributed by atoms with Crippen LogP contribution in [0.2, 0.25) is 0 Å². The molecule has 0 atom stereocenters. The highest BCUT2D eigenvalue weighted by Gasteiger charge is 2.24. The first-order chi connectivity index (χ1) is 6.64.